The third-order valence-electron chi connectivity index (χ3n) is 4.41. The number of rotatable bonds is 5. The second-order valence-corrected chi connectivity index (χ2v) is 7.49. The van der Waals surface area contributed by atoms with Gasteiger partial charge in [0.1, 0.15) is 23.4 Å². The van der Waals surface area contributed by atoms with Crippen LogP contribution in [-0.4, -0.2) is 32.7 Å². The summed E-state index contributed by atoms with van der Waals surface area (Å²) in [5, 5.41) is 21.5. The summed E-state index contributed by atoms with van der Waals surface area (Å²) < 4.78 is 28.4. The van der Waals surface area contributed by atoms with E-state index in [1.807, 2.05) is 0 Å². The Labute approximate surface area is 173 Å². The predicted octanol–water partition coefficient (Wildman–Crippen LogP) is 3.91. The molecule has 0 radical (unpaired) electrons. The Hall–Kier alpha value is -3.27. The van der Waals surface area contributed by atoms with Crippen molar-refractivity contribution in [1.29, 1.82) is 0 Å². The number of thiazole rings is 1. The fourth-order valence-electron chi connectivity index (χ4n) is 2.86. The van der Waals surface area contributed by atoms with Crippen molar-refractivity contribution >= 4 is 32.6 Å². The number of aliphatic hydroxyl groups is 2. The van der Waals surface area contributed by atoms with Crippen LogP contribution in [0.2, 0.25) is 0 Å². The van der Waals surface area contributed by atoms with Crippen molar-refractivity contribution in [3.05, 3.63) is 77.5 Å². The molecule has 2 heterocycles. The third kappa shape index (κ3) is 4.04. The summed E-state index contributed by atoms with van der Waals surface area (Å²) in [6.45, 7) is -0.534. The first-order valence-electron chi connectivity index (χ1n) is 8.87. The van der Waals surface area contributed by atoms with Gasteiger partial charge in [0.25, 0.3) is 5.91 Å². The minimum Gasteiger partial charge on any atom is -0.393 e. The van der Waals surface area contributed by atoms with Crippen LogP contribution in [0.4, 0.5) is 13.9 Å². The molecule has 1 atom stereocenters. The molecule has 4 aromatic rings. The van der Waals surface area contributed by atoms with Crippen LogP contribution in [0.25, 0.3) is 21.5 Å². The number of aliphatic hydroxyl groups excluding tert-OH is 2. The molecule has 3 N–H and O–H groups in total. The number of carbonyl (C=O) groups is 1. The monoisotopic (exact) mass is 427 g/mol. The van der Waals surface area contributed by atoms with E-state index in [0.29, 0.717) is 21.8 Å². The second kappa shape index (κ2) is 8.23. The molecular weight excluding hydrogens is 412 g/mol. The molecular formula is C21H15F2N3O3S. The van der Waals surface area contributed by atoms with Crippen LogP contribution in [-0.2, 0) is 0 Å². The van der Waals surface area contributed by atoms with Gasteiger partial charge in [0.15, 0.2) is 5.13 Å². The molecule has 30 heavy (non-hydrogen) atoms. The molecule has 2 aromatic carbocycles. The van der Waals surface area contributed by atoms with Gasteiger partial charge in [-0.2, -0.15) is 0 Å². The number of carbonyl (C=O) groups excluding carboxylic acids is 1. The van der Waals surface area contributed by atoms with Crippen molar-refractivity contribution in [2.45, 2.75) is 6.10 Å². The van der Waals surface area contributed by atoms with E-state index in [9.17, 15) is 18.7 Å². The van der Waals surface area contributed by atoms with E-state index in [2.05, 4.69) is 15.3 Å². The summed E-state index contributed by atoms with van der Waals surface area (Å²) in [6, 6.07) is 11.5. The molecule has 0 aliphatic heterocycles. The summed E-state index contributed by atoms with van der Waals surface area (Å²) in [6.07, 6.45) is 0.0849. The molecule has 152 valence electrons. The maximum atomic E-state index is 14.3. The Morgan fingerprint density at radius 2 is 1.90 bits per heavy atom. The number of nitrogens with one attached hydrogen (secondary N) is 1. The lowest BCUT2D eigenvalue weighted by Gasteiger charge is -2.09. The van der Waals surface area contributed by atoms with E-state index in [4.69, 9.17) is 5.11 Å². The fraction of sp³-hybridized carbons (Fsp3) is 0.0952. The van der Waals surface area contributed by atoms with Crippen molar-refractivity contribution in [2.75, 3.05) is 11.9 Å². The van der Waals surface area contributed by atoms with Gasteiger partial charge < -0.3 is 10.2 Å². The van der Waals surface area contributed by atoms with Crippen LogP contribution >= 0.6 is 11.3 Å². The Kier molecular flexibility index (Phi) is 5.49. The number of pyridine rings is 1. The van der Waals surface area contributed by atoms with Crippen molar-refractivity contribution < 1.29 is 23.8 Å². The van der Waals surface area contributed by atoms with Gasteiger partial charge in [-0.1, -0.05) is 23.5 Å². The highest BCUT2D eigenvalue weighted by molar-refractivity contribution is 7.22. The van der Waals surface area contributed by atoms with Crippen molar-refractivity contribution in [3.8, 4) is 11.3 Å². The Morgan fingerprint density at radius 1 is 1.13 bits per heavy atom. The van der Waals surface area contributed by atoms with Crippen LogP contribution < -0.4 is 5.32 Å². The van der Waals surface area contributed by atoms with Crippen molar-refractivity contribution in [3.63, 3.8) is 0 Å². The molecule has 0 fully saturated rings. The summed E-state index contributed by atoms with van der Waals surface area (Å²) in [7, 11) is 0. The maximum absolute atomic E-state index is 14.3. The molecule has 1 amide bonds. The zero-order valence-electron chi connectivity index (χ0n) is 15.3. The van der Waals surface area contributed by atoms with Gasteiger partial charge in [0, 0.05) is 29.0 Å². The molecule has 1 unspecified atom stereocenters. The number of anilines is 1. The van der Waals surface area contributed by atoms with E-state index in [1.54, 1.807) is 18.2 Å². The van der Waals surface area contributed by atoms with Gasteiger partial charge in [0.2, 0.25) is 0 Å². The van der Waals surface area contributed by atoms with Gasteiger partial charge in [0.05, 0.1) is 16.8 Å². The SMILES string of the molecule is O=C(Nc1nc2cc(F)ccc2s1)c1ccc(-c2ncc(C(O)CO)cc2F)cc1. The van der Waals surface area contributed by atoms with Gasteiger partial charge in [-0.25, -0.2) is 13.8 Å². The van der Waals surface area contributed by atoms with Crippen LogP contribution in [0.1, 0.15) is 22.0 Å². The molecule has 0 saturated carbocycles. The molecule has 0 aliphatic rings. The van der Waals surface area contributed by atoms with Gasteiger partial charge >= 0.3 is 0 Å². The number of halogens is 2. The van der Waals surface area contributed by atoms with E-state index in [0.717, 1.165) is 10.8 Å². The summed E-state index contributed by atoms with van der Waals surface area (Å²) in [5.74, 6) is -1.46. The topological polar surface area (TPSA) is 95.3 Å². The number of amides is 1. The maximum Gasteiger partial charge on any atom is 0.257 e. The highest BCUT2D eigenvalue weighted by Crippen LogP contribution is 2.27. The number of nitrogens with zero attached hydrogens (tertiary/aromatic N) is 2. The lowest BCUT2D eigenvalue weighted by Crippen LogP contribution is -2.11. The molecule has 0 saturated heterocycles. The molecule has 2 aromatic heterocycles. The zero-order valence-corrected chi connectivity index (χ0v) is 16.2. The first kappa shape index (κ1) is 20.0. The lowest BCUT2D eigenvalue weighted by molar-refractivity contribution is 0.0951. The summed E-state index contributed by atoms with van der Waals surface area (Å²) >= 11 is 1.23. The molecule has 0 bridgehead atoms. The number of benzene rings is 2. The fourth-order valence-corrected chi connectivity index (χ4v) is 3.70. The Bertz CT molecular complexity index is 1230. The molecule has 9 heteroatoms. The number of fused-ring (bicyclic) bond motifs is 1. The average Bonchev–Trinajstić information content (AvgIpc) is 3.14. The first-order chi connectivity index (χ1) is 14.4. The van der Waals surface area contributed by atoms with E-state index in [1.165, 1.54) is 41.8 Å². The smallest absolute Gasteiger partial charge is 0.257 e. The number of hydrogen-bond donors (Lipinski definition) is 3. The van der Waals surface area contributed by atoms with E-state index < -0.39 is 30.3 Å². The average molecular weight is 427 g/mol. The Balaban J connectivity index is 1.52. The van der Waals surface area contributed by atoms with Crippen LogP contribution in [0, 0.1) is 11.6 Å². The molecule has 4 rings (SSSR count). The normalized spacial score (nSPS) is 12.1. The summed E-state index contributed by atoms with van der Waals surface area (Å²) in [4.78, 5) is 20.7. The number of aromatic nitrogens is 2. The molecule has 0 aliphatic carbocycles. The van der Waals surface area contributed by atoms with Crippen molar-refractivity contribution in [1.82, 2.24) is 9.97 Å². The van der Waals surface area contributed by atoms with Crippen LogP contribution in [0.15, 0.2) is 54.7 Å². The zero-order chi connectivity index (χ0) is 21.3. The molecule has 6 nitrogen and oxygen atoms in total. The predicted molar refractivity (Wildman–Crippen MR) is 109 cm³/mol. The summed E-state index contributed by atoms with van der Waals surface area (Å²) in [5.41, 5.74) is 1.47. The van der Waals surface area contributed by atoms with Crippen LogP contribution in [0.3, 0.4) is 0 Å². The quantitative estimate of drug-likeness (QED) is 0.449. The Morgan fingerprint density at radius 3 is 2.60 bits per heavy atom. The lowest BCUT2D eigenvalue weighted by atomic mass is 10.1. The molecule has 0 spiro atoms. The van der Waals surface area contributed by atoms with Gasteiger partial charge in [-0.05, 0) is 30.3 Å². The van der Waals surface area contributed by atoms with Crippen molar-refractivity contribution in [2.24, 2.45) is 0 Å². The van der Waals surface area contributed by atoms with Gasteiger partial charge in [-0.3, -0.25) is 15.1 Å². The highest BCUT2D eigenvalue weighted by atomic mass is 32.1. The van der Waals surface area contributed by atoms with Gasteiger partial charge in [-0.15, -0.1) is 0 Å². The van der Waals surface area contributed by atoms with E-state index >= 15 is 0 Å². The van der Waals surface area contributed by atoms with E-state index in [-0.39, 0.29) is 11.3 Å². The van der Waals surface area contributed by atoms with Crippen LogP contribution in [0.5, 0.6) is 0 Å². The highest BCUT2D eigenvalue weighted by Gasteiger charge is 2.14. The third-order valence-corrected chi connectivity index (χ3v) is 5.36. The standard InChI is InChI=1S/C21H15F2N3O3S/c22-14-5-6-18-16(8-14)25-21(30-18)26-20(29)12-3-1-11(2-4-12)19-15(23)7-13(9-24-19)17(28)10-27/h1-9,17,27-28H,10H2,(H,25,26,29). The minimum absolute atomic E-state index is 0.0593. The largest absolute Gasteiger partial charge is 0.393 e. The second-order valence-electron chi connectivity index (χ2n) is 6.46. The number of hydrogen-bond acceptors (Lipinski definition) is 6. The minimum atomic E-state index is -1.20. The first-order valence-corrected chi connectivity index (χ1v) is 9.68.